The predicted molar refractivity (Wildman–Crippen MR) is 99.8 cm³/mol. The van der Waals surface area contributed by atoms with Crippen molar-refractivity contribution in [3.05, 3.63) is 71.8 Å². The van der Waals surface area contributed by atoms with Gasteiger partial charge in [0.25, 0.3) is 0 Å². The number of hydrogen-bond donors (Lipinski definition) is 1. The van der Waals surface area contributed by atoms with Crippen molar-refractivity contribution in [2.45, 2.75) is 45.1 Å². The van der Waals surface area contributed by atoms with Crippen LogP contribution in [0.1, 0.15) is 60.2 Å². The predicted octanol–water partition coefficient (Wildman–Crippen LogP) is 4.70. The van der Waals surface area contributed by atoms with Crippen LogP contribution in [-0.4, -0.2) is 22.3 Å². The summed E-state index contributed by atoms with van der Waals surface area (Å²) >= 11 is 0. The summed E-state index contributed by atoms with van der Waals surface area (Å²) < 4.78 is 0. The molecule has 2 rings (SSSR count). The molecule has 0 atom stereocenters. The lowest BCUT2D eigenvalue weighted by Gasteiger charge is -2.32. The molecule has 0 unspecified atom stereocenters. The van der Waals surface area contributed by atoms with Crippen molar-refractivity contribution in [2.24, 2.45) is 5.92 Å². The van der Waals surface area contributed by atoms with E-state index in [9.17, 15) is 14.7 Å². The standard InChI is InChI=1S/C22H26O3/c1-17(2)22(25,15-13-20(23)18-9-5-3-6-10-18)16-14-21(24)19-11-7-4-8-12-19/h3-12,17,25H,13-16H2,1-2H3. The highest BCUT2D eigenvalue weighted by atomic mass is 16.3. The summed E-state index contributed by atoms with van der Waals surface area (Å²) in [5.41, 5.74) is 0.303. The highest BCUT2D eigenvalue weighted by molar-refractivity contribution is 5.96. The second-order valence-electron chi connectivity index (χ2n) is 6.84. The molecule has 0 bridgehead atoms. The van der Waals surface area contributed by atoms with E-state index in [-0.39, 0.29) is 30.3 Å². The van der Waals surface area contributed by atoms with Gasteiger partial charge in [0.1, 0.15) is 0 Å². The van der Waals surface area contributed by atoms with E-state index in [1.807, 2.05) is 50.2 Å². The van der Waals surface area contributed by atoms with Gasteiger partial charge < -0.3 is 5.11 Å². The molecule has 0 aliphatic carbocycles. The first kappa shape index (κ1) is 19.1. The van der Waals surface area contributed by atoms with Crippen LogP contribution in [0.15, 0.2) is 60.7 Å². The van der Waals surface area contributed by atoms with Crippen molar-refractivity contribution < 1.29 is 14.7 Å². The number of aliphatic hydroxyl groups is 1. The fraction of sp³-hybridized carbons (Fsp3) is 0.364. The molecule has 0 saturated heterocycles. The Bertz CT molecular complexity index is 634. The quantitative estimate of drug-likeness (QED) is 0.674. The molecule has 132 valence electrons. The van der Waals surface area contributed by atoms with Crippen molar-refractivity contribution in [1.82, 2.24) is 0 Å². The molecule has 0 spiro atoms. The minimum atomic E-state index is -1.02. The number of benzene rings is 2. The van der Waals surface area contributed by atoms with E-state index in [1.54, 1.807) is 24.3 Å². The van der Waals surface area contributed by atoms with E-state index in [1.165, 1.54) is 0 Å². The third-order valence-corrected chi connectivity index (χ3v) is 4.84. The van der Waals surface area contributed by atoms with Gasteiger partial charge in [-0.15, -0.1) is 0 Å². The maximum Gasteiger partial charge on any atom is 0.162 e. The highest BCUT2D eigenvalue weighted by Gasteiger charge is 2.32. The van der Waals surface area contributed by atoms with Crippen LogP contribution in [0.4, 0.5) is 0 Å². The molecule has 2 aromatic rings. The first-order chi connectivity index (χ1) is 11.9. The average molecular weight is 338 g/mol. The molecule has 0 radical (unpaired) electrons. The van der Waals surface area contributed by atoms with Crippen molar-refractivity contribution >= 4 is 11.6 Å². The normalized spacial score (nSPS) is 11.5. The molecule has 3 nitrogen and oxygen atoms in total. The van der Waals surface area contributed by atoms with Gasteiger partial charge in [0.05, 0.1) is 5.60 Å². The summed E-state index contributed by atoms with van der Waals surface area (Å²) in [6.07, 6.45) is 1.28. The van der Waals surface area contributed by atoms with Crippen molar-refractivity contribution in [2.75, 3.05) is 0 Å². The maximum absolute atomic E-state index is 12.3. The highest BCUT2D eigenvalue weighted by Crippen LogP contribution is 2.29. The van der Waals surface area contributed by atoms with Gasteiger partial charge in [-0.05, 0) is 18.8 Å². The molecule has 0 aromatic heterocycles. The number of carbonyl (C=O) groups excluding carboxylic acids is 2. The molecule has 0 aliphatic rings. The minimum absolute atomic E-state index is 0.0223. The molecule has 25 heavy (non-hydrogen) atoms. The van der Waals surface area contributed by atoms with Crippen LogP contribution in [0.25, 0.3) is 0 Å². The molecule has 2 aromatic carbocycles. The number of carbonyl (C=O) groups is 2. The molecular weight excluding hydrogens is 312 g/mol. The summed E-state index contributed by atoms with van der Waals surface area (Å²) in [6.45, 7) is 3.86. The Balaban J connectivity index is 1.96. The first-order valence-electron chi connectivity index (χ1n) is 8.81. The molecule has 3 heteroatoms. The fourth-order valence-corrected chi connectivity index (χ4v) is 2.90. The zero-order valence-corrected chi connectivity index (χ0v) is 14.9. The van der Waals surface area contributed by atoms with Gasteiger partial charge >= 0.3 is 0 Å². The smallest absolute Gasteiger partial charge is 0.162 e. The second kappa shape index (κ2) is 8.72. The third kappa shape index (κ3) is 5.36. The van der Waals surface area contributed by atoms with Crippen molar-refractivity contribution in [1.29, 1.82) is 0 Å². The topological polar surface area (TPSA) is 54.4 Å². The lowest BCUT2D eigenvalue weighted by molar-refractivity contribution is -0.0216. The first-order valence-corrected chi connectivity index (χ1v) is 8.81. The summed E-state index contributed by atoms with van der Waals surface area (Å²) in [4.78, 5) is 24.6. The van der Waals surface area contributed by atoms with Crippen molar-refractivity contribution in [3.63, 3.8) is 0 Å². The molecule has 0 aliphatic heterocycles. The summed E-state index contributed by atoms with van der Waals surface area (Å²) in [5.74, 6) is 0.0165. The Morgan fingerprint density at radius 2 is 1.16 bits per heavy atom. The second-order valence-corrected chi connectivity index (χ2v) is 6.84. The largest absolute Gasteiger partial charge is 0.390 e. The number of Topliss-reactive ketones (excluding diaryl/α,β-unsaturated/α-hetero) is 2. The van der Waals surface area contributed by atoms with E-state index < -0.39 is 5.60 Å². The van der Waals surface area contributed by atoms with Crippen LogP contribution in [-0.2, 0) is 0 Å². The molecule has 0 amide bonds. The number of rotatable bonds is 9. The Labute approximate surface area is 149 Å². The minimum Gasteiger partial charge on any atom is -0.390 e. The van der Waals surface area contributed by atoms with Crippen LogP contribution >= 0.6 is 0 Å². The van der Waals surface area contributed by atoms with Gasteiger partial charge in [0.15, 0.2) is 11.6 Å². The molecule has 0 fully saturated rings. The van der Waals surface area contributed by atoms with Gasteiger partial charge in [-0.3, -0.25) is 9.59 Å². The number of ketones is 2. The molecule has 0 heterocycles. The van der Waals surface area contributed by atoms with Gasteiger partial charge in [0, 0.05) is 24.0 Å². The van der Waals surface area contributed by atoms with Crippen LogP contribution in [0.3, 0.4) is 0 Å². The van der Waals surface area contributed by atoms with Crippen molar-refractivity contribution in [3.8, 4) is 0 Å². The zero-order valence-electron chi connectivity index (χ0n) is 14.9. The Hall–Kier alpha value is -2.26. The van der Waals surface area contributed by atoms with Gasteiger partial charge in [-0.2, -0.15) is 0 Å². The summed E-state index contributed by atoms with van der Waals surface area (Å²) in [7, 11) is 0. The van der Waals surface area contributed by atoms with E-state index >= 15 is 0 Å². The van der Waals surface area contributed by atoms with Gasteiger partial charge in [0.2, 0.25) is 0 Å². The van der Waals surface area contributed by atoms with E-state index in [0.717, 1.165) is 0 Å². The van der Waals surface area contributed by atoms with Crippen LogP contribution in [0, 0.1) is 5.92 Å². The van der Waals surface area contributed by atoms with E-state index in [2.05, 4.69) is 0 Å². The van der Waals surface area contributed by atoms with Crippen LogP contribution in [0.5, 0.6) is 0 Å². The van der Waals surface area contributed by atoms with E-state index in [0.29, 0.717) is 24.0 Å². The Kier molecular flexibility index (Phi) is 6.65. The average Bonchev–Trinajstić information content (AvgIpc) is 2.65. The lowest BCUT2D eigenvalue weighted by Crippen LogP contribution is -2.36. The molecular formula is C22H26O3. The van der Waals surface area contributed by atoms with Crippen LogP contribution in [0.2, 0.25) is 0 Å². The Morgan fingerprint density at radius 3 is 1.48 bits per heavy atom. The maximum atomic E-state index is 12.3. The van der Waals surface area contributed by atoms with E-state index in [4.69, 9.17) is 0 Å². The summed E-state index contributed by atoms with van der Waals surface area (Å²) in [6, 6.07) is 18.2. The SMILES string of the molecule is CC(C)C(O)(CCC(=O)c1ccccc1)CCC(=O)c1ccccc1. The molecule has 0 saturated carbocycles. The fourth-order valence-electron chi connectivity index (χ4n) is 2.90. The Morgan fingerprint density at radius 1 is 0.800 bits per heavy atom. The van der Waals surface area contributed by atoms with Gasteiger partial charge in [-0.25, -0.2) is 0 Å². The number of hydrogen-bond acceptors (Lipinski definition) is 3. The van der Waals surface area contributed by atoms with Crippen LogP contribution < -0.4 is 0 Å². The lowest BCUT2D eigenvalue weighted by atomic mass is 9.80. The summed E-state index contributed by atoms with van der Waals surface area (Å²) in [5, 5.41) is 11.0. The monoisotopic (exact) mass is 338 g/mol. The molecule has 1 N–H and O–H groups in total. The third-order valence-electron chi connectivity index (χ3n) is 4.84. The van der Waals surface area contributed by atoms with Gasteiger partial charge in [-0.1, -0.05) is 74.5 Å². The zero-order chi connectivity index (χ0) is 18.3.